The van der Waals surface area contributed by atoms with Crippen LogP contribution in [-0.4, -0.2) is 11.4 Å². The van der Waals surface area contributed by atoms with Gasteiger partial charge in [-0.25, -0.2) is 0 Å². The SMILES string of the molecule is CCC(O)c1c(Cl)ccc(SC)c1Cl. The first kappa shape index (κ1) is 12.2. The van der Waals surface area contributed by atoms with E-state index >= 15 is 0 Å². The summed E-state index contributed by atoms with van der Waals surface area (Å²) >= 11 is 13.6. The Hall–Kier alpha value is 0.110. The molecule has 0 aromatic heterocycles. The average Bonchev–Trinajstić information content (AvgIpc) is 2.18. The highest BCUT2D eigenvalue weighted by atomic mass is 35.5. The van der Waals surface area contributed by atoms with E-state index in [1.165, 1.54) is 0 Å². The van der Waals surface area contributed by atoms with Gasteiger partial charge in [-0.05, 0) is 24.8 Å². The van der Waals surface area contributed by atoms with Gasteiger partial charge in [0.05, 0.1) is 11.1 Å². The minimum Gasteiger partial charge on any atom is -0.388 e. The van der Waals surface area contributed by atoms with Crippen molar-refractivity contribution in [2.75, 3.05) is 6.26 Å². The fourth-order valence-electron chi connectivity index (χ4n) is 1.22. The van der Waals surface area contributed by atoms with Crippen LogP contribution in [0.5, 0.6) is 0 Å². The Morgan fingerprint density at radius 2 is 2.07 bits per heavy atom. The Balaban J connectivity index is 3.25. The predicted octanol–water partition coefficient (Wildman–Crippen LogP) is 4.16. The second-order valence-electron chi connectivity index (χ2n) is 2.90. The Morgan fingerprint density at radius 3 is 2.57 bits per heavy atom. The van der Waals surface area contributed by atoms with Gasteiger partial charge in [-0.3, -0.25) is 0 Å². The molecule has 0 aliphatic carbocycles. The largest absolute Gasteiger partial charge is 0.388 e. The van der Waals surface area contributed by atoms with Gasteiger partial charge in [-0.1, -0.05) is 30.1 Å². The third kappa shape index (κ3) is 2.37. The number of benzene rings is 1. The third-order valence-corrected chi connectivity index (χ3v) is 3.66. The van der Waals surface area contributed by atoms with E-state index < -0.39 is 6.10 Å². The van der Waals surface area contributed by atoms with Gasteiger partial charge in [0.15, 0.2) is 0 Å². The third-order valence-electron chi connectivity index (χ3n) is 2.03. The second-order valence-corrected chi connectivity index (χ2v) is 4.53. The van der Waals surface area contributed by atoms with Gasteiger partial charge in [0, 0.05) is 15.5 Å². The van der Waals surface area contributed by atoms with Crippen molar-refractivity contribution >= 4 is 35.0 Å². The second kappa shape index (κ2) is 5.26. The van der Waals surface area contributed by atoms with E-state index in [1.807, 2.05) is 19.2 Å². The van der Waals surface area contributed by atoms with Crippen LogP contribution in [0.3, 0.4) is 0 Å². The lowest BCUT2D eigenvalue weighted by Crippen LogP contribution is -1.98. The van der Waals surface area contributed by atoms with E-state index in [-0.39, 0.29) is 0 Å². The smallest absolute Gasteiger partial charge is 0.0816 e. The van der Waals surface area contributed by atoms with Crippen LogP contribution in [0.4, 0.5) is 0 Å². The van der Waals surface area contributed by atoms with Crippen LogP contribution >= 0.6 is 35.0 Å². The van der Waals surface area contributed by atoms with E-state index in [2.05, 4.69) is 0 Å². The number of hydrogen-bond donors (Lipinski definition) is 1. The zero-order valence-corrected chi connectivity index (χ0v) is 10.4. The molecule has 0 bridgehead atoms. The van der Waals surface area contributed by atoms with E-state index in [1.54, 1.807) is 17.8 Å². The van der Waals surface area contributed by atoms with Crippen LogP contribution < -0.4 is 0 Å². The van der Waals surface area contributed by atoms with Gasteiger partial charge >= 0.3 is 0 Å². The van der Waals surface area contributed by atoms with E-state index in [0.29, 0.717) is 22.0 Å². The van der Waals surface area contributed by atoms with Crippen LogP contribution in [0.25, 0.3) is 0 Å². The molecule has 1 aromatic rings. The molecule has 4 heteroatoms. The molecule has 0 fully saturated rings. The number of rotatable bonds is 3. The van der Waals surface area contributed by atoms with E-state index in [0.717, 1.165) is 4.90 Å². The summed E-state index contributed by atoms with van der Waals surface area (Å²) in [5, 5.41) is 10.8. The Bertz CT molecular complexity index is 328. The summed E-state index contributed by atoms with van der Waals surface area (Å²) in [6.45, 7) is 1.89. The van der Waals surface area contributed by atoms with Crippen molar-refractivity contribution in [1.82, 2.24) is 0 Å². The molecule has 0 saturated heterocycles. The first-order valence-electron chi connectivity index (χ1n) is 4.31. The van der Waals surface area contributed by atoms with Crippen LogP contribution in [0.2, 0.25) is 10.0 Å². The molecular weight excluding hydrogens is 239 g/mol. The summed E-state index contributed by atoms with van der Waals surface area (Å²) in [6.07, 6.45) is 1.97. The topological polar surface area (TPSA) is 20.2 Å². The van der Waals surface area contributed by atoms with Gasteiger partial charge in [0.25, 0.3) is 0 Å². The van der Waals surface area contributed by atoms with Crippen LogP contribution in [0, 0.1) is 0 Å². The lowest BCUT2D eigenvalue weighted by Gasteiger charge is -2.14. The predicted molar refractivity (Wildman–Crippen MR) is 63.5 cm³/mol. The van der Waals surface area contributed by atoms with Crippen molar-refractivity contribution in [1.29, 1.82) is 0 Å². The number of halogens is 2. The van der Waals surface area contributed by atoms with Crippen LogP contribution in [-0.2, 0) is 0 Å². The van der Waals surface area contributed by atoms with Crippen molar-refractivity contribution in [3.8, 4) is 0 Å². The average molecular weight is 251 g/mol. The highest BCUT2D eigenvalue weighted by Gasteiger charge is 2.16. The Labute approximate surface area is 98.4 Å². The lowest BCUT2D eigenvalue weighted by atomic mass is 10.1. The van der Waals surface area contributed by atoms with Crippen LogP contribution in [0.1, 0.15) is 25.0 Å². The van der Waals surface area contributed by atoms with Gasteiger partial charge < -0.3 is 5.11 Å². The molecule has 1 unspecified atom stereocenters. The van der Waals surface area contributed by atoms with Crippen molar-refractivity contribution in [2.24, 2.45) is 0 Å². The molecule has 0 aliphatic heterocycles. The Morgan fingerprint density at radius 1 is 1.43 bits per heavy atom. The van der Waals surface area contributed by atoms with E-state index in [9.17, 15) is 5.11 Å². The molecule has 14 heavy (non-hydrogen) atoms. The summed E-state index contributed by atoms with van der Waals surface area (Å²) in [5.74, 6) is 0. The minimum absolute atomic E-state index is 0.530. The zero-order valence-electron chi connectivity index (χ0n) is 8.05. The molecule has 0 spiro atoms. The molecule has 0 amide bonds. The molecule has 0 radical (unpaired) electrons. The molecule has 0 aliphatic rings. The quantitative estimate of drug-likeness (QED) is 0.814. The molecular formula is C10H12Cl2OS. The summed E-state index contributed by atoms with van der Waals surface area (Å²) < 4.78 is 0. The lowest BCUT2D eigenvalue weighted by molar-refractivity contribution is 0.173. The number of hydrogen-bond acceptors (Lipinski definition) is 2. The number of aliphatic hydroxyl groups excluding tert-OH is 1. The normalized spacial score (nSPS) is 12.9. The first-order chi connectivity index (χ1) is 6.61. The number of aliphatic hydroxyl groups is 1. The van der Waals surface area contributed by atoms with Crippen LogP contribution in [0.15, 0.2) is 17.0 Å². The van der Waals surface area contributed by atoms with Gasteiger partial charge in [-0.15, -0.1) is 11.8 Å². The maximum atomic E-state index is 9.73. The molecule has 1 atom stereocenters. The summed E-state index contributed by atoms with van der Waals surface area (Å²) in [7, 11) is 0. The van der Waals surface area contributed by atoms with Crippen molar-refractivity contribution in [3.05, 3.63) is 27.7 Å². The summed E-state index contributed by atoms with van der Waals surface area (Å²) in [5.41, 5.74) is 0.641. The molecule has 1 N–H and O–H groups in total. The molecule has 1 nitrogen and oxygen atoms in total. The van der Waals surface area contributed by atoms with Gasteiger partial charge in [0.1, 0.15) is 0 Å². The molecule has 1 aromatic carbocycles. The molecule has 1 rings (SSSR count). The van der Waals surface area contributed by atoms with Gasteiger partial charge in [-0.2, -0.15) is 0 Å². The zero-order chi connectivity index (χ0) is 10.7. The molecule has 78 valence electrons. The maximum absolute atomic E-state index is 9.73. The van der Waals surface area contributed by atoms with Crippen molar-refractivity contribution < 1.29 is 5.11 Å². The maximum Gasteiger partial charge on any atom is 0.0816 e. The summed E-state index contributed by atoms with van der Waals surface area (Å²) in [6, 6.07) is 3.63. The monoisotopic (exact) mass is 250 g/mol. The highest BCUT2D eigenvalue weighted by molar-refractivity contribution is 7.98. The Kier molecular flexibility index (Phi) is 4.58. The molecule has 0 heterocycles. The van der Waals surface area contributed by atoms with Crippen molar-refractivity contribution in [2.45, 2.75) is 24.3 Å². The standard InChI is InChI=1S/C10H12Cl2OS/c1-3-7(13)9-6(11)4-5-8(14-2)10(9)12/h4-5,7,13H,3H2,1-2H3. The number of thioether (sulfide) groups is 1. The minimum atomic E-state index is -0.581. The van der Waals surface area contributed by atoms with Crippen molar-refractivity contribution in [3.63, 3.8) is 0 Å². The summed E-state index contributed by atoms with van der Waals surface area (Å²) in [4.78, 5) is 0.943. The molecule has 0 saturated carbocycles. The first-order valence-corrected chi connectivity index (χ1v) is 6.29. The van der Waals surface area contributed by atoms with Gasteiger partial charge in [0.2, 0.25) is 0 Å². The van der Waals surface area contributed by atoms with E-state index in [4.69, 9.17) is 23.2 Å². The fraction of sp³-hybridized carbons (Fsp3) is 0.400. The fourth-order valence-corrected chi connectivity index (χ4v) is 2.56. The highest BCUT2D eigenvalue weighted by Crippen LogP contribution is 2.37.